The molecule has 5 aromatic rings. The third-order valence-electron chi connectivity index (χ3n) is 4.96. The van der Waals surface area contributed by atoms with Gasteiger partial charge in [-0.3, -0.25) is 9.36 Å². The first kappa shape index (κ1) is 17.9. The Bertz CT molecular complexity index is 1350. The molecule has 0 fully saturated rings. The van der Waals surface area contributed by atoms with E-state index >= 15 is 0 Å². The number of anilines is 1. The minimum atomic E-state index is -0.153. The van der Waals surface area contributed by atoms with E-state index in [0.717, 1.165) is 34.0 Å². The molecule has 4 aromatic heterocycles. The van der Waals surface area contributed by atoms with E-state index in [0.29, 0.717) is 5.56 Å². The molecule has 6 nitrogen and oxygen atoms in total. The molecule has 0 radical (unpaired) electrons. The van der Waals surface area contributed by atoms with Crippen LogP contribution < -0.4 is 5.32 Å². The molecule has 0 aliphatic rings. The summed E-state index contributed by atoms with van der Waals surface area (Å²) in [6.45, 7) is 2.00. The van der Waals surface area contributed by atoms with Crippen molar-refractivity contribution in [2.75, 3.05) is 5.32 Å². The van der Waals surface area contributed by atoms with E-state index in [-0.39, 0.29) is 5.91 Å². The number of pyridine rings is 2. The second-order valence-electron chi connectivity index (χ2n) is 7.08. The Kier molecular flexibility index (Phi) is 4.37. The highest BCUT2D eigenvalue weighted by Crippen LogP contribution is 2.26. The van der Waals surface area contributed by atoms with Gasteiger partial charge in [0.15, 0.2) is 0 Å². The monoisotopic (exact) mass is 393 g/mol. The van der Waals surface area contributed by atoms with Crippen molar-refractivity contribution in [2.45, 2.75) is 6.92 Å². The van der Waals surface area contributed by atoms with Crippen LogP contribution in [-0.2, 0) is 0 Å². The molecule has 0 bridgehead atoms. The number of fused-ring (bicyclic) bond motifs is 1. The van der Waals surface area contributed by atoms with Gasteiger partial charge in [-0.25, -0.2) is 9.97 Å². The molecule has 5 rings (SSSR count). The number of benzene rings is 1. The molecular formula is C24H19N5O. The van der Waals surface area contributed by atoms with Gasteiger partial charge in [0.2, 0.25) is 0 Å². The number of rotatable bonds is 4. The number of amides is 1. The van der Waals surface area contributed by atoms with Crippen LogP contribution >= 0.6 is 0 Å². The first-order valence-electron chi connectivity index (χ1n) is 9.63. The smallest absolute Gasteiger partial charge is 0.257 e. The standard InChI is InChI=1S/C24H19N5O/c1-17-7-6-8-18(13-17)27-24(30)19-14-22(29-12-5-3-9-21(19)29)20-15-28(16-26-20)23-10-2-4-11-25-23/h2-16H,1H3,(H,27,30). The minimum absolute atomic E-state index is 0.153. The number of nitrogens with zero attached hydrogens (tertiary/aromatic N) is 4. The zero-order valence-corrected chi connectivity index (χ0v) is 16.4. The molecule has 0 unspecified atom stereocenters. The fourth-order valence-corrected chi connectivity index (χ4v) is 3.54. The SMILES string of the molecule is Cc1cccc(NC(=O)c2cc(-c3cn(-c4ccccn4)cn3)n3ccccc23)c1. The Morgan fingerprint density at radius 3 is 2.70 bits per heavy atom. The van der Waals surface area contributed by atoms with Gasteiger partial charge in [-0.05, 0) is 55.0 Å². The van der Waals surface area contributed by atoms with Gasteiger partial charge in [-0.2, -0.15) is 0 Å². The molecule has 0 atom stereocenters. The minimum Gasteiger partial charge on any atom is -0.322 e. The van der Waals surface area contributed by atoms with Crippen LogP contribution in [0.25, 0.3) is 22.7 Å². The van der Waals surface area contributed by atoms with E-state index in [1.54, 1.807) is 12.5 Å². The molecule has 1 N–H and O–H groups in total. The maximum absolute atomic E-state index is 13.1. The predicted octanol–water partition coefficient (Wildman–Crippen LogP) is 4.75. The Morgan fingerprint density at radius 1 is 0.967 bits per heavy atom. The third kappa shape index (κ3) is 3.24. The second-order valence-corrected chi connectivity index (χ2v) is 7.08. The highest BCUT2D eigenvalue weighted by Gasteiger charge is 2.18. The van der Waals surface area contributed by atoms with Crippen LogP contribution in [0.4, 0.5) is 5.69 Å². The molecule has 0 saturated carbocycles. The number of aryl methyl sites for hydroxylation is 1. The molecular weight excluding hydrogens is 374 g/mol. The van der Waals surface area contributed by atoms with E-state index in [1.165, 1.54) is 0 Å². The van der Waals surface area contributed by atoms with E-state index < -0.39 is 0 Å². The summed E-state index contributed by atoms with van der Waals surface area (Å²) in [6, 6.07) is 21.2. The lowest BCUT2D eigenvalue weighted by atomic mass is 10.2. The molecule has 0 aliphatic heterocycles. The quantitative estimate of drug-likeness (QED) is 0.479. The summed E-state index contributed by atoms with van der Waals surface area (Å²) >= 11 is 0. The fourth-order valence-electron chi connectivity index (χ4n) is 3.54. The average molecular weight is 393 g/mol. The topological polar surface area (TPSA) is 64.2 Å². The molecule has 1 amide bonds. The Morgan fingerprint density at radius 2 is 1.87 bits per heavy atom. The molecule has 146 valence electrons. The van der Waals surface area contributed by atoms with Gasteiger partial charge >= 0.3 is 0 Å². The normalized spacial score (nSPS) is 11.0. The van der Waals surface area contributed by atoms with Crippen molar-refractivity contribution in [2.24, 2.45) is 0 Å². The Balaban J connectivity index is 1.55. The predicted molar refractivity (Wildman–Crippen MR) is 117 cm³/mol. The first-order chi connectivity index (χ1) is 14.7. The molecule has 6 heteroatoms. The molecule has 30 heavy (non-hydrogen) atoms. The van der Waals surface area contributed by atoms with Gasteiger partial charge in [-0.15, -0.1) is 0 Å². The number of aromatic nitrogens is 4. The molecule has 1 aromatic carbocycles. The second kappa shape index (κ2) is 7.33. The highest BCUT2D eigenvalue weighted by atomic mass is 16.1. The van der Waals surface area contributed by atoms with Crippen molar-refractivity contribution in [3.05, 3.63) is 103 Å². The summed E-state index contributed by atoms with van der Waals surface area (Å²) in [5.74, 6) is 0.634. The average Bonchev–Trinajstić information content (AvgIpc) is 3.39. The largest absolute Gasteiger partial charge is 0.322 e. The highest BCUT2D eigenvalue weighted by molar-refractivity contribution is 6.10. The zero-order valence-electron chi connectivity index (χ0n) is 16.4. The molecule has 0 spiro atoms. The molecule has 4 heterocycles. The Hall–Kier alpha value is -4.19. The summed E-state index contributed by atoms with van der Waals surface area (Å²) in [4.78, 5) is 22.0. The first-order valence-corrected chi connectivity index (χ1v) is 9.63. The van der Waals surface area contributed by atoms with Gasteiger partial charge in [0, 0.05) is 24.3 Å². The van der Waals surface area contributed by atoms with Crippen molar-refractivity contribution < 1.29 is 4.79 Å². The van der Waals surface area contributed by atoms with Crippen LogP contribution in [0, 0.1) is 6.92 Å². The van der Waals surface area contributed by atoms with E-state index in [2.05, 4.69) is 15.3 Å². The summed E-state index contributed by atoms with van der Waals surface area (Å²) in [6.07, 6.45) is 7.33. The third-order valence-corrected chi connectivity index (χ3v) is 4.96. The van der Waals surface area contributed by atoms with E-state index in [4.69, 9.17) is 0 Å². The van der Waals surface area contributed by atoms with E-state index in [9.17, 15) is 4.79 Å². The lowest BCUT2D eigenvalue weighted by Crippen LogP contribution is -2.11. The molecule has 0 aliphatic carbocycles. The summed E-state index contributed by atoms with van der Waals surface area (Å²) in [7, 11) is 0. The van der Waals surface area contributed by atoms with Crippen molar-refractivity contribution in [3.63, 3.8) is 0 Å². The van der Waals surface area contributed by atoms with Crippen LogP contribution in [0.15, 0.2) is 91.6 Å². The summed E-state index contributed by atoms with van der Waals surface area (Å²) < 4.78 is 3.85. The van der Waals surface area contributed by atoms with Crippen molar-refractivity contribution in [1.82, 2.24) is 18.9 Å². The van der Waals surface area contributed by atoms with Gasteiger partial charge < -0.3 is 9.72 Å². The van der Waals surface area contributed by atoms with Crippen molar-refractivity contribution in [1.29, 1.82) is 0 Å². The zero-order chi connectivity index (χ0) is 20.5. The van der Waals surface area contributed by atoms with Crippen LogP contribution in [0.5, 0.6) is 0 Å². The number of carbonyl (C=O) groups excluding carboxylic acids is 1. The maximum Gasteiger partial charge on any atom is 0.257 e. The number of carbonyl (C=O) groups is 1. The summed E-state index contributed by atoms with van der Waals surface area (Å²) in [5, 5.41) is 3.00. The Labute approximate surface area is 173 Å². The van der Waals surface area contributed by atoms with Crippen molar-refractivity contribution in [3.8, 4) is 17.2 Å². The van der Waals surface area contributed by atoms with Crippen LogP contribution in [0.3, 0.4) is 0 Å². The van der Waals surface area contributed by atoms with Crippen LogP contribution in [0.2, 0.25) is 0 Å². The van der Waals surface area contributed by atoms with Crippen LogP contribution in [0.1, 0.15) is 15.9 Å². The van der Waals surface area contributed by atoms with Gasteiger partial charge in [0.25, 0.3) is 5.91 Å². The molecule has 0 saturated heterocycles. The number of nitrogens with one attached hydrogen (secondary N) is 1. The fraction of sp³-hybridized carbons (Fsp3) is 0.0417. The number of hydrogen-bond donors (Lipinski definition) is 1. The van der Waals surface area contributed by atoms with Gasteiger partial charge in [0.05, 0.1) is 16.8 Å². The number of hydrogen-bond acceptors (Lipinski definition) is 3. The van der Waals surface area contributed by atoms with Gasteiger partial charge in [-0.1, -0.05) is 24.3 Å². The maximum atomic E-state index is 13.1. The van der Waals surface area contributed by atoms with Crippen LogP contribution in [-0.4, -0.2) is 24.8 Å². The van der Waals surface area contributed by atoms with Gasteiger partial charge in [0.1, 0.15) is 17.8 Å². The summed E-state index contributed by atoms with van der Waals surface area (Å²) in [5.41, 5.74) is 4.89. The lowest BCUT2D eigenvalue weighted by molar-refractivity contribution is 0.102. The van der Waals surface area contributed by atoms with Crippen molar-refractivity contribution >= 4 is 17.1 Å². The lowest BCUT2D eigenvalue weighted by Gasteiger charge is -2.05. The van der Waals surface area contributed by atoms with E-state index in [1.807, 2.05) is 95.0 Å². The number of imidazole rings is 1.